The molecule has 0 spiro atoms. The van der Waals surface area contributed by atoms with Gasteiger partial charge in [-0.25, -0.2) is 17.9 Å². The predicted octanol–water partition coefficient (Wildman–Crippen LogP) is 4.41. The van der Waals surface area contributed by atoms with E-state index in [4.69, 9.17) is 19.7 Å². The minimum absolute atomic E-state index is 0.225. The predicted molar refractivity (Wildman–Crippen MR) is 132 cm³/mol. The zero-order chi connectivity index (χ0) is 25.3. The molecule has 0 saturated heterocycles. The van der Waals surface area contributed by atoms with Gasteiger partial charge in [-0.05, 0) is 67.1 Å². The molecule has 9 nitrogen and oxygen atoms in total. The quantitative estimate of drug-likeness (QED) is 0.342. The van der Waals surface area contributed by atoms with Crippen LogP contribution in [0.3, 0.4) is 0 Å². The van der Waals surface area contributed by atoms with Crippen molar-refractivity contribution in [2.45, 2.75) is 6.92 Å². The van der Waals surface area contributed by atoms with E-state index in [1.54, 1.807) is 7.11 Å². The highest BCUT2D eigenvalue weighted by Crippen LogP contribution is 2.28. The van der Waals surface area contributed by atoms with Crippen molar-refractivity contribution >= 4 is 31.4 Å². The number of nitrogens with zero attached hydrogens (tertiary/aromatic N) is 2. The molecule has 0 aliphatic heterocycles. The first-order valence-electron chi connectivity index (χ1n) is 9.98. The summed E-state index contributed by atoms with van der Waals surface area (Å²) >= 11 is 0. The highest BCUT2D eigenvalue weighted by atomic mass is 35.7. The lowest BCUT2D eigenvalue weighted by molar-refractivity contribution is 0.191. The number of allylic oxidation sites excluding steroid dienone is 1. The molecule has 3 aromatic rings. The van der Waals surface area contributed by atoms with Crippen LogP contribution < -0.4 is 14.8 Å². The number of aromatic nitrogens is 2. The molecule has 2 N–H and O–H groups in total. The standard InChI is InChI=1S/C22H23N3O4.CH3ClO2S/c1-15(2)20-14-21(25(24-20)17-6-10-18(28-3)11-7-17)16-4-8-19(9-5-16)29-13-12-23-22(26)27;1-5(2,3)4/h4-11,14,23H,1,12-13H2,2-3H3,(H,26,27);1H3. The van der Waals surface area contributed by atoms with Crippen molar-refractivity contribution in [3.05, 3.63) is 66.9 Å². The highest BCUT2D eigenvalue weighted by Gasteiger charge is 2.13. The van der Waals surface area contributed by atoms with E-state index in [9.17, 15) is 13.2 Å². The summed E-state index contributed by atoms with van der Waals surface area (Å²) in [6, 6.07) is 17.3. The number of amides is 1. The number of methoxy groups -OCH3 is 1. The number of benzene rings is 2. The van der Waals surface area contributed by atoms with Gasteiger partial charge in [-0.3, -0.25) is 0 Å². The smallest absolute Gasteiger partial charge is 0.404 e. The van der Waals surface area contributed by atoms with Gasteiger partial charge in [0.2, 0.25) is 9.05 Å². The van der Waals surface area contributed by atoms with Gasteiger partial charge < -0.3 is 19.9 Å². The van der Waals surface area contributed by atoms with Gasteiger partial charge in [-0.2, -0.15) is 5.10 Å². The number of hydrogen-bond donors (Lipinski definition) is 2. The fourth-order valence-corrected chi connectivity index (χ4v) is 2.76. The largest absolute Gasteiger partial charge is 0.497 e. The van der Waals surface area contributed by atoms with E-state index in [0.717, 1.165) is 40.2 Å². The Labute approximate surface area is 203 Å². The molecule has 0 fully saturated rings. The minimum Gasteiger partial charge on any atom is -0.497 e. The van der Waals surface area contributed by atoms with Gasteiger partial charge in [0, 0.05) is 16.2 Å². The molecule has 2 aromatic carbocycles. The maximum absolute atomic E-state index is 10.5. The molecule has 0 atom stereocenters. The summed E-state index contributed by atoms with van der Waals surface area (Å²) in [6.07, 6.45) is -0.141. The van der Waals surface area contributed by atoms with Crippen molar-refractivity contribution < 1.29 is 27.8 Å². The minimum atomic E-state index is -3.19. The van der Waals surface area contributed by atoms with E-state index in [1.807, 2.05) is 66.2 Å². The van der Waals surface area contributed by atoms with Crippen LogP contribution in [0.2, 0.25) is 0 Å². The topological polar surface area (TPSA) is 120 Å². The molecule has 0 bridgehead atoms. The van der Waals surface area contributed by atoms with Crippen molar-refractivity contribution in [2.75, 3.05) is 26.5 Å². The van der Waals surface area contributed by atoms with E-state index in [0.29, 0.717) is 5.75 Å². The van der Waals surface area contributed by atoms with Crippen LogP contribution in [-0.2, 0) is 9.05 Å². The molecule has 1 aromatic heterocycles. The van der Waals surface area contributed by atoms with Crippen LogP contribution in [0, 0.1) is 0 Å². The summed E-state index contributed by atoms with van der Waals surface area (Å²) in [5.74, 6) is 1.44. The highest BCUT2D eigenvalue weighted by molar-refractivity contribution is 8.13. The Morgan fingerprint density at radius 2 is 1.71 bits per heavy atom. The van der Waals surface area contributed by atoms with Gasteiger partial charge in [-0.15, -0.1) is 0 Å². The Balaban J connectivity index is 0.000000739. The van der Waals surface area contributed by atoms with Crippen molar-refractivity contribution in [1.29, 1.82) is 0 Å². The zero-order valence-corrected chi connectivity index (χ0v) is 20.6. The van der Waals surface area contributed by atoms with Gasteiger partial charge in [0.25, 0.3) is 0 Å². The first-order valence-corrected chi connectivity index (χ1v) is 12.7. The fraction of sp³-hybridized carbons (Fsp3) is 0.217. The number of rotatable bonds is 8. The second-order valence-electron chi connectivity index (χ2n) is 7.09. The van der Waals surface area contributed by atoms with Gasteiger partial charge in [-0.1, -0.05) is 6.58 Å². The van der Waals surface area contributed by atoms with Crippen LogP contribution in [0.5, 0.6) is 11.5 Å². The van der Waals surface area contributed by atoms with E-state index >= 15 is 0 Å². The maximum atomic E-state index is 10.5. The average Bonchev–Trinajstić information content (AvgIpc) is 3.22. The first kappa shape index (κ1) is 26.7. The van der Waals surface area contributed by atoms with E-state index in [2.05, 4.69) is 22.6 Å². The lowest BCUT2D eigenvalue weighted by Gasteiger charge is -2.10. The number of nitrogens with one attached hydrogen (secondary N) is 1. The van der Waals surface area contributed by atoms with Crippen LogP contribution in [0.1, 0.15) is 12.6 Å². The summed E-state index contributed by atoms with van der Waals surface area (Å²) in [7, 11) is 2.94. The van der Waals surface area contributed by atoms with E-state index in [-0.39, 0.29) is 13.2 Å². The molecule has 0 unspecified atom stereocenters. The number of hydrogen-bond acceptors (Lipinski definition) is 6. The molecule has 1 heterocycles. The summed E-state index contributed by atoms with van der Waals surface area (Å²) in [5, 5.41) is 15.5. The lowest BCUT2D eigenvalue weighted by atomic mass is 10.1. The number of carbonyl (C=O) groups is 1. The number of ether oxygens (including phenoxy) is 2. The second-order valence-corrected chi connectivity index (χ2v) is 10.1. The Kier molecular flexibility index (Phi) is 9.52. The molecule has 0 radical (unpaired) electrons. The molecule has 34 heavy (non-hydrogen) atoms. The summed E-state index contributed by atoms with van der Waals surface area (Å²) in [4.78, 5) is 10.5. The summed E-state index contributed by atoms with van der Waals surface area (Å²) < 4.78 is 31.5. The Morgan fingerprint density at radius 3 is 2.21 bits per heavy atom. The molecule has 0 saturated carbocycles. The third kappa shape index (κ3) is 8.80. The Morgan fingerprint density at radius 1 is 1.15 bits per heavy atom. The normalized spacial score (nSPS) is 10.6. The third-order valence-electron chi connectivity index (χ3n) is 4.26. The SMILES string of the molecule is C=C(C)c1cc(-c2ccc(OCCNC(=O)O)cc2)n(-c2ccc(OC)cc2)n1.CS(=O)(=O)Cl. The molecule has 182 valence electrons. The molecule has 1 amide bonds. The second kappa shape index (κ2) is 12.1. The Hall–Kier alpha value is -3.50. The van der Waals surface area contributed by atoms with Crippen molar-refractivity contribution in [1.82, 2.24) is 15.1 Å². The van der Waals surface area contributed by atoms with Crippen LogP contribution in [0.15, 0.2) is 61.2 Å². The van der Waals surface area contributed by atoms with Crippen molar-refractivity contribution in [3.8, 4) is 28.4 Å². The lowest BCUT2D eigenvalue weighted by Crippen LogP contribution is -2.26. The first-order chi connectivity index (χ1) is 16.0. The molecule has 3 rings (SSSR count). The van der Waals surface area contributed by atoms with Crippen LogP contribution in [0.25, 0.3) is 22.5 Å². The van der Waals surface area contributed by atoms with Crippen molar-refractivity contribution in [2.24, 2.45) is 0 Å². The van der Waals surface area contributed by atoms with Crippen molar-refractivity contribution in [3.63, 3.8) is 0 Å². The van der Waals surface area contributed by atoms with Gasteiger partial charge in [0.15, 0.2) is 0 Å². The zero-order valence-electron chi connectivity index (χ0n) is 19.0. The summed E-state index contributed by atoms with van der Waals surface area (Å²) in [6.45, 7) is 6.41. The number of halogens is 1. The molecule has 0 aliphatic rings. The Bertz CT molecular complexity index is 1210. The van der Waals surface area contributed by atoms with Gasteiger partial charge in [0.1, 0.15) is 18.1 Å². The van der Waals surface area contributed by atoms with Crippen LogP contribution in [0.4, 0.5) is 4.79 Å². The van der Waals surface area contributed by atoms with Crippen LogP contribution >= 0.6 is 10.7 Å². The van der Waals surface area contributed by atoms with E-state index in [1.165, 1.54) is 0 Å². The van der Waals surface area contributed by atoms with Gasteiger partial charge in [0.05, 0.1) is 37.0 Å². The maximum Gasteiger partial charge on any atom is 0.404 e. The molecular formula is C23H26ClN3O6S. The average molecular weight is 508 g/mol. The van der Waals surface area contributed by atoms with Gasteiger partial charge >= 0.3 is 6.09 Å². The third-order valence-corrected chi connectivity index (χ3v) is 4.26. The van der Waals surface area contributed by atoms with Crippen LogP contribution in [-0.4, -0.2) is 55.9 Å². The summed E-state index contributed by atoms with van der Waals surface area (Å²) in [5.41, 5.74) is 4.50. The fourth-order valence-electron chi connectivity index (χ4n) is 2.76. The molecule has 11 heteroatoms. The monoisotopic (exact) mass is 507 g/mol. The van der Waals surface area contributed by atoms with E-state index < -0.39 is 15.1 Å². The molecular weight excluding hydrogens is 482 g/mol. The molecule has 0 aliphatic carbocycles. The number of carboxylic acid groups (broad SMARTS) is 1.